The molecule has 1 heterocycles. The number of allylic oxidation sites excluding steroid dienone is 1. The summed E-state index contributed by atoms with van der Waals surface area (Å²) in [5, 5.41) is 9.32. The fourth-order valence-electron chi connectivity index (χ4n) is 3.56. The topological polar surface area (TPSA) is 49.7 Å². The Bertz CT molecular complexity index is 963. The standard InChI is InChI=1S/C23H19NO2/c1-15-13-20(21-14-19(23(25)26)11-12-22(21)24-15)18-9-7-17(8-10-18)16-5-3-2-4-6-16/h2-14,21-22H,1H3,(H,25,26). The summed E-state index contributed by atoms with van der Waals surface area (Å²) in [5.41, 5.74) is 5.85. The summed E-state index contributed by atoms with van der Waals surface area (Å²) >= 11 is 0. The molecule has 0 bridgehead atoms. The van der Waals surface area contributed by atoms with Crippen LogP contribution in [-0.2, 0) is 4.79 Å². The summed E-state index contributed by atoms with van der Waals surface area (Å²) in [7, 11) is 0. The third-order valence-corrected chi connectivity index (χ3v) is 4.85. The first-order valence-corrected chi connectivity index (χ1v) is 8.67. The Morgan fingerprint density at radius 1 is 0.962 bits per heavy atom. The van der Waals surface area contributed by atoms with Crippen molar-refractivity contribution in [1.29, 1.82) is 0 Å². The van der Waals surface area contributed by atoms with Gasteiger partial charge < -0.3 is 5.11 Å². The van der Waals surface area contributed by atoms with E-state index in [1.165, 1.54) is 5.56 Å². The molecule has 1 aliphatic carbocycles. The molecule has 26 heavy (non-hydrogen) atoms. The summed E-state index contributed by atoms with van der Waals surface area (Å²) in [5.74, 6) is -0.942. The van der Waals surface area contributed by atoms with Gasteiger partial charge in [0.15, 0.2) is 0 Å². The van der Waals surface area contributed by atoms with Crippen LogP contribution in [-0.4, -0.2) is 22.8 Å². The van der Waals surface area contributed by atoms with Crippen molar-refractivity contribution in [3.63, 3.8) is 0 Å². The number of fused-ring (bicyclic) bond motifs is 1. The average Bonchev–Trinajstić information content (AvgIpc) is 2.67. The van der Waals surface area contributed by atoms with E-state index in [9.17, 15) is 9.90 Å². The van der Waals surface area contributed by atoms with Crippen molar-refractivity contribution in [2.24, 2.45) is 10.9 Å². The van der Waals surface area contributed by atoms with Crippen LogP contribution in [0.4, 0.5) is 0 Å². The molecule has 3 nitrogen and oxygen atoms in total. The molecule has 2 aliphatic rings. The smallest absolute Gasteiger partial charge is 0.335 e. The SMILES string of the molecule is CC1=NC2C=CC(C(=O)O)=CC2C(c2ccc(-c3ccccc3)cc2)=C1. The van der Waals surface area contributed by atoms with Crippen molar-refractivity contribution >= 4 is 17.3 Å². The van der Waals surface area contributed by atoms with Gasteiger partial charge in [0.25, 0.3) is 0 Å². The second-order valence-electron chi connectivity index (χ2n) is 6.62. The van der Waals surface area contributed by atoms with Crippen LogP contribution in [0.3, 0.4) is 0 Å². The van der Waals surface area contributed by atoms with Gasteiger partial charge in [0.2, 0.25) is 0 Å². The van der Waals surface area contributed by atoms with Crippen LogP contribution in [0.5, 0.6) is 0 Å². The van der Waals surface area contributed by atoms with Gasteiger partial charge in [-0.15, -0.1) is 0 Å². The molecule has 0 radical (unpaired) electrons. The van der Waals surface area contributed by atoms with Gasteiger partial charge in [-0.2, -0.15) is 0 Å². The van der Waals surface area contributed by atoms with Crippen LogP contribution in [0.15, 0.2) is 89.5 Å². The Hall–Kier alpha value is -3.20. The van der Waals surface area contributed by atoms with Crippen LogP contribution >= 0.6 is 0 Å². The van der Waals surface area contributed by atoms with E-state index in [4.69, 9.17) is 0 Å². The molecule has 0 saturated carbocycles. The predicted octanol–water partition coefficient (Wildman–Crippen LogP) is 4.78. The molecule has 0 fully saturated rings. The lowest BCUT2D eigenvalue weighted by Gasteiger charge is -2.29. The van der Waals surface area contributed by atoms with Crippen LogP contribution in [0, 0.1) is 5.92 Å². The lowest BCUT2D eigenvalue weighted by molar-refractivity contribution is -0.132. The van der Waals surface area contributed by atoms with Gasteiger partial charge in [-0.3, -0.25) is 4.99 Å². The van der Waals surface area contributed by atoms with E-state index in [0.29, 0.717) is 5.57 Å². The molecule has 0 amide bonds. The van der Waals surface area contributed by atoms with Gasteiger partial charge in [-0.25, -0.2) is 4.79 Å². The summed E-state index contributed by atoms with van der Waals surface area (Å²) in [6.45, 7) is 1.98. The molecule has 1 N–H and O–H groups in total. The summed E-state index contributed by atoms with van der Waals surface area (Å²) in [6, 6.07) is 18.7. The van der Waals surface area contributed by atoms with E-state index in [-0.39, 0.29) is 12.0 Å². The molecule has 0 spiro atoms. The molecule has 2 unspecified atom stereocenters. The maximum Gasteiger partial charge on any atom is 0.335 e. The van der Waals surface area contributed by atoms with Gasteiger partial charge in [0, 0.05) is 11.6 Å². The first-order chi connectivity index (χ1) is 12.6. The maximum absolute atomic E-state index is 11.4. The zero-order valence-electron chi connectivity index (χ0n) is 14.5. The van der Waals surface area contributed by atoms with Crippen molar-refractivity contribution in [2.75, 3.05) is 0 Å². The van der Waals surface area contributed by atoms with Crippen LogP contribution in [0.1, 0.15) is 12.5 Å². The number of dihydropyridines is 1. The molecular weight excluding hydrogens is 322 g/mol. The molecule has 0 saturated heterocycles. The van der Waals surface area contributed by atoms with Gasteiger partial charge in [0.05, 0.1) is 11.6 Å². The Morgan fingerprint density at radius 3 is 2.31 bits per heavy atom. The highest BCUT2D eigenvalue weighted by Crippen LogP contribution is 2.36. The quantitative estimate of drug-likeness (QED) is 0.873. The van der Waals surface area contributed by atoms with Gasteiger partial charge in [-0.05, 0) is 41.3 Å². The van der Waals surface area contributed by atoms with E-state index in [1.807, 2.05) is 37.3 Å². The van der Waals surface area contributed by atoms with Crippen molar-refractivity contribution < 1.29 is 9.90 Å². The maximum atomic E-state index is 11.4. The van der Waals surface area contributed by atoms with E-state index in [0.717, 1.165) is 22.4 Å². The number of benzene rings is 2. The van der Waals surface area contributed by atoms with Crippen molar-refractivity contribution in [3.8, 4) is 11.1 Å². The van der Waals surface area contributed by atoms with E-state index in [2.05, 4.69) is 47.5 Å². The normalized spacial score (nSPS) is 21.3. The summed E-state index contributed by atoms with van der Waals surface area (Å²) < 4.78 is 0. The Balaban J connectivity index is 1.70. The molecule has 3 heteroatoms. The fraction of sp³-hybridized carbons (Fsp3) is 0.130. The van der Waals surface area contributed by atoms with E-state index in [1.54, 1.807) is 6.08 Å². The van der Waals surface area contributed by atoms with E-state index < -0.39 is 5.97 Å². The number of carboxylic acid groups (broad SMARTS) is 1. The molecule has 128 valence electrons. The molecular formula is C23H19NO2. The fourth-order valence-corrected chi connectivity index (χ4v) is 3.56. The Kier molecular flexibility index (Phi) is 4.13. The zero-order valence-corrected chi connectivity index (χ0v) is 14.5. The first-order valence-electron chi connectivity index (χ1n) is 8.67. The number of hydrogen-bond donors (Lipinski definition) is 1. The van der Waals surface area contributed by atoms with Crippen molar-refractivity contribution in [2.45, 2.75) is 13.0 Å². The van der Waals surface area contributed by atoms with Gasteiger partial charge in [0.1, 0.15) is 0 Å². The number of carbonyl (C=O) groups is 1. The number of aliphatic imine (C=N–C) groups is 1. The van der Waals surface area contributed by atoms with E-state index >= 15 is 0 Å². The number of aliphatic carboxylic acids is 1. The molecule has 2 aromatic carbocycles. The third-order valence-electron chi connectivity index (χ3n) is 4.85. The molecule has 2 aromatic rings. The minimum atomic E-state index is -0.898. The number of carboxylic acids is 1. The van der Waals surface area contributed by atoms with Crippen LogP contribution in [0.25, 0.3) is 16.7 Å². The lowest BCUT2D eigenvalue weighted by Crippen LogP contribution is -2.25. The number of hydrogen-bond acceptors (Lipinski definition) is 2. The Morgan fingerprint density at radius 2 is 1.62 bits per heavy atom. The largest absolute Gasteiger partial charge is 0.478 e. The highest BCUT2D eigenvalue weighted by Gasteiger charge is 2.29. The average molecular weight is 341 g/mol. The van der Waals surface area contributed by atoms with Crippen LogP contribution in [0.2, 0.25) is 0 Å². The molecule has 0 aromatic heterocycles. The lowest BCUT2D eigenvalue weighted by atomic mass is 9.80. The minimum absolute atomic E-state index is 0.0353. The zero-order chi connectivity index (χ0) is 18.1. The molecule has 4 rings (SSSR count). The van der Waals surface area contributed by atoms with Crippen molar-refractivity contribution in [3.05, 3.63) is 90.0 Å². The summed E-state index contributed by atoms with van der Waals surface area (Å²) in [4.78, 5) is 16.0. The second kappa shape index (κ2) is 6.60. The number of rotatable bonds is 3. The van der Waals surface area contributed by atoms with Crippen molar-refractivity contribution in [1.82, 2.24) is 0 Å². The first kappa shape index (κ1) is 16.3. The third kappa shape index (κ3) is 3.04. The molecule has 1 aliphatic heterocycles. The Labute approximate surface area is 152 Å². The van der Waals surface area contributed by atoms with Crippen LogP contribution < -0.4 is 0 Å². The second-order valence-corrected chi connectivity index (χ2v) is 6.62. The predicted molar refractivity (Wildman–Crippen MR) is 105 cm³/mol. The summed E-state index contributed by atoms with van der Waals surface area (Å²) in [6.07, 6.45) is 7.43. The van der Waals surface area contributed by atoms with Gasteiger partial charge >= 0.3 is 5.97 Å². The monoisotopic (exact) mass is 341 g/mol. The molecule has 2 atom stereocenters. The highest BCUT2D eigenvalue weighted by atomic mass is 16.4. The number of nitrogens with zero attached hydrogens (tertiary/aromatic N) is 1. The highest BCUT2D eigenvalue weighted by molar-refractivity contribution is 6.02. The van der Waals surface area contributed by atoms with Gasteiger partial charge in [-0.1, -0.05) is 66.7 Å². The minimum Gasteiger partial charge on any atom is -0.478 e.